The van der Waals surface area contributed by atoms with Gasteiger partial charge in [-0.2, -0.15) is 5.10 Å². The maximum absolute atomic E-state index is 11.2. The molecule has 1 amide bonds. The van der Waals surface area contributed by atoms with Gasteiger partial charge in [-0.3, -0.25) is 9.89 Å². The Morgan fingerprint density at radius 3 is 2.41 bits per heavy atom. The summed E-state index contributed by atoms with van der Waals surface area (Å²) in [4.78, 5) is 21.3. The number of aromatic amines is 1. The van der Waals surface area contributed by atoms with Crippen LogP contribution in [0.3, 0.4) is 0 Å². The molecule has 1 saturated heterocycles. The van der Waals surface area contributed by atoms with E-state index >= 15 is 0 Å². The van der Waals surface area contributed by atoms with Crippen LogP contribution in [0.15, 0.2) is 73.1 Å². The van der Waals surface area contributed by atoms with Crippen molar-refractivity contribution >= 4 is 22.8 Å². The molecule has 2 aromatic carbocycles. The first-order chi connectivity index (χ1) is 16.7. The van der Waals surface area contributed by atoms with Crippen molar-refractivity contribution in [2.24, 2.45) is 0 Å². The Hall–Kier alpha value is -4.20. The molecule has 34 heavy (non-hydrogen) atoms. The summed E-state index contributed by atoms with van der Waals surface area (Å²) in [6.07, 6.45) is 8.47. The molecule has 0 radical (unpaired) electrons. The van der Waals surface area contributed by atoms with Crippen LogP contribution >= 0.6 is 0 Å². The number of carbonyl (C=O) groups is 1. The quantitative estimate of drug-likeness (QED) is 0.420. The fourth-order valence-electron chi connectivity index (χ4n) is 3.76. The molecule has 3 heterocycles. The van der Waals surface area contributed by atoms with Crippen LogP contribution in [-0.4, -0.2) is 44.1 Å². The van der Waals surface area contributed by atoms with Crippen molar-refractivity contribution in [2.45, 2.75) is 26.2 Å². The first-order valence-corrected chi connectivity index (χ1v) is 11.3. The van der Waals surface area contributed by atoms with Crippen LogP contribution in [0.2, 0.25) is 0 Å². The highest BCUT2D eigenvalue weighted by molar-refractivity contribution is 5.97. The minimum absolute atomic E-state index is 0.173. The number of rotatable bonds is 4. The lowest BCUT2D eigenvalue weighted by atomic mass is 10.1. The molecule has 8 heteroatoms. The van der Waals surface area contributed by atoms with Crippen molar-refractivity contribution in [1.29, 1.82) is 0 Å². The van der Waals surface area contributed by atoms with Crippen molar-refractivity contribution < 1.29 is 9.53 Å². The van der Waals surface area contributed by atoms with Gasteiger partial charge >= 0.3 is 0 Å². The molecule has 0 spiro atoms. The number of H-pyrrole nitrogens is 1. The summed E-state index contributed by atoms with van der Waals surface area (Å²) in [5, 5.41) is 7.85. The summed E-state index contributed by atoms with van der Waals surface area (Å²) in [5.41, 5.74) is 8.22. The smallest absolute Gasteiger partial charge is 0.246 e. The molecule has 1 aliphatic rings. The van der Waals surface area contributed by atoms with Gasteiger partial charge in [0.15, 0.2) is 5.65 Å². The van der Waals surface area contributed by atoms with Gasteiger partial charge < -0.3 is 15.4 Å². The Kier molecular flexibility index (Phi) is 7.49. The van der Waals surface area contributed by atoms with E-state index in [-0.39, 0.29) is 5.91 Å². The molecule has 2 aromatic heterocycles. The fraction of sp³-hybridized carbons (Fsp3) is 0.231. The Labute approximate surface area is 198 Å². The van der Waals surface area contributed by atoms with Crippen molar-refractivity contribution in [3.05, 3.63) is 73.1 Å². The number of benzene rings is 2. The van der Waals surface area contributed by atoms with Crippen molar-refractivity contribution in [2.75, 3.05) is 18.8 Å². The fourth-order valence-corrected chi connectivity index (χ4v) is 3.76. The topological polar surface area (TPSA) is 110 Å². The number of likely N-dealkylation sites (tertiary alicyclic amines) is 1. The number of anilines is 1. The Bertz CT molecular complexity index is 1250. The third-order valence-corrected chi connectivity index (χ3v) is 5.48. The van der Waals surface area contributed by atoms with E-state index in [2.05, 4.69) is 20.2 Å². The van der Waals surface area contributed by atoms with Crippen molar-refractivity contribution in [1.82, 2.24) is 25.1 Å². The molecule has 0 atom stereocenters. The van der Waals surface area contributed by atoms with Crippen LogP contribution in [0.4, 0.5) is 5.82 Å². The summed E-state index contributed by atoms with van der Waals surface area (Å²) < 4.78 is 5.79. The second-order valence-corrected chi connectivity index (χ2v) is 7.88. The van der Waals surface area contributed by atoms with E-state index < -0.39 is 0 Å². The van der Waals surface area contributed by atoms with Crippen LogP contribution < -0.4 is 10.5 Å². The van der Waals surface area contributed by atoms with E-state index in [1.807, 2.05) is 66.4 Å². The van der Waals surface area contributed by atoms with Gasteiger partial charge in [0, 0.05) is 18.7 Å². The molecular weight excluding hydrogens is 428 g/mol. The number of piperidine rings is 1. The average Bonchev–Trinajstić information content (AvgIpc) is 3.32. The molecule has 0 unspecified atom stereocenters. The minimum atomic E-state index is 0.173. The number of aromatic nitrogens is 4. The maximum Gasteiger partial charge on any atom is 0.246 e. The van der Waals surface area contributed by atoms with Gasteiger partial charge in [-0.1, -0.05) is 24.3 Å². The lowest BCUT2D eigenvalue weighted by Crippen LogP contribution is -2.34. The molecule has 174 valence electrons. The SMILES string of the molecule is C/C=C/C(=O)N1CCCCC1.Nc1ncnc2n[nH]c(-c3ccc(Oc4ccccc4)cc3)c12. The number of nitrogens with two attached hydrogens (primary N) is 1. The third-order valence-electron chi connectivity index (χ3n) is 5.48. The molecule has 5 rings (SSSR count). The third kappa shape index (κ3) is 5.58. The minimum Gasteiger partial charge on any atom is -0.457 e. The van der Waals surface area contributed by atoms with Crippen molar-refractivity contribution in [3.63, 3.8) is 0 Å². The zero-order valence-electron chi connectivity index (χ0n) is 19.1. The number of nitrogen functional groups attached to an aromatic ring is 1. The second kappa shape index (κ2) is 11.1. The van der Waals surface area contributed by atoms with Gasteiger partial charge in [-0.05, 0) is 68.7 Å². The molecule has 4 aromatic rings. The monoisotopic (exact) mass is 456 g/mol. The normalized spacial score (nSPS) is 13.5. The molecule has 1 fully saturated rings. The average molecular weight is 457 g/mol. The number of nitrogens with zero attached hydrogens (tertiary/aromatic N) is 4. The van der Waals surface area contributed by atoms with Crippen LogP contribution in [0, 0.1) is 0 Å². The van der Waals surface area contributed by atoms with E-state index in [9.17, 15) is 4.79 Å². The first-order valence-electron chi connectivity index (χ1n) is 11.3. The zero-order chi connectivity index (χ0) is 23.8. The number of allylic oxidation sites excluding steroid dienone is 1. The standard InChI is InChI=1S/C17H13N5O.C9H15NO/c18-16-14-15(21-22-17(14)20-10-19-16)11-6-8-13(9-7-11)23-12-4-2-1-3-5-12;1-2-6-9(11)10-7-4-3-5-8-10/h1-10H,(H3,18,19,20,21,22);2,6H,3-5,7-8H2,1H3/b;6-2+. The maximum atomic E-state index is 11.2. The summed E-state index contributed by atoms with van der Waals surface area (Å²) in [7, 11) is 0. The molecule has 8 nitrogen and oxygen atoms in total. The molecule has 0 bridgehead atoms. The lowest BCUT2D eigenvalue weighted by Gasteiger charge is -2.25. The number of carbonyl (C=O) groups excluding carboxylic acids is 1. The van der Waals surface area contributed by atoms with E-state index in [0.29, 0.717) is 11.5 Å². The summed E-state index contributed by atoms with van der Waals surface area (Å²) in [6.45, 7) is 3.77. The first kappa shape index (κ1) is 23.0. The van der Waals surface area contributed by atoms with Crippen LogP contribution in [0.1, 0.15) is 26.2 Å². The number of para-hydroxylation sites is 1. The number of hydrogen-bond donors (Lipinski definition) is 2. The van der Waals surface area contributed by atoms with Gasteiger partial charge in [0.05, 0.1) is 11.1 Å². The van der Waals surface area contributed by atoms with E-state index in [1.54, 1.807) is 12.2 Å². The van der Waals surface area contributed by atoms with Gasteiger partial charge in [0.2, 0.25) is 5.91 Å². The van der Waals surface area contributed by atoms with Gasteiger partial charge in [0.25, 0.3) is 0 Å². The van der Waals surface area contributed by atoms with E-state index in [1.165, 1.54) is 25.6 Å². The molecule has 0 aliphatic carbocycles. The Morgan fingerprint density at radius 2 is 1.71 bits per heavy atom. The lowest BCUT2D eigenvalue weighted by molar-refractivity contribution is -0.126. The predicted molar refractivity (Wildman–Crippen MR) is 133 cm³/mol. The number of fused-ring (bicyclic) bond motifs is 1. The van der Waals surface area contributed by atoms with E-state index in [4.69, 9.17) is 10.5 Å². The largest absolute Gasteiger partial charge is 0.457 e. The summed E-state index contributed by atoms with van der Waals surface area (Å²) in [5.74, 6) is 2.13. The Balaban J connectivity index is 0.000000210. The number of nitrogens with one attached hydrogen (secondary N) is 1. The number of amides is 1. The highest BCUT2D eigenvalue weighted by Crippen LogP contribution is 2.30. The van der Waals surface area contributed by atoms with Gasteiger partial charge in [-0.15, -0.1) is 0 Å². The molecule has 1 aliphatic heterocycles. The molecule has 0 saturated carbocycles. The zero-order valence-corrected chi connectivity index (χ0v) is 19.1. The van der Waals surface area contributed by atoms with Crippen molar-refractivity contribution in [3.8, 4) is 22.8 Å². The van der Waals surface area contributed by atoms with Gasteiger partial charge in [-0.25, -0.2) is 9.97 Å². The number of ether oxygens (including phenoxy) is 1. The van der Waals surface area contributed by atoms with Crippen LogP contribution in [0.25, 0.3) is 22.3 Å². The molecular formula is C26H28N6O2. The number of hydrogen-bond acceptors (Lipinski definition) is 6. The van der Waals surface area contributed by atoms with Gasteiger partial charge in [0.1, 0.15) is 23.6 Å². The van der Waals surface area contributed by atoms with Crippen LogP contribution in [0.5, 0.6) is 11.5 Å². The second-order valence-electron chi connectivity index (χ2n) is 7.88. The van der Waals surface area contributed by atoms with Crippen LogP contribution in [-0.2, 0) is 4.79 Å². The Morgan fingerprint density at radius 1 is 1.00 bits per heavy atom. The summed E-state index contributed by atoms with van der Waals surface area (Å²) in [6, 6.07) is 17.3. The highest BCUT2D eigenvalue weighted by Gasteiger charge is 2.13. The molecule has 3 N–H and O–H groups in total. The van der Waals surface area contributed by atoms with E-state index in [0.717, 1.165) is 41.2 Å². The predicted octanol–water partition coefficient (Wildman–Crippen LogP) is 4.97. The highest BCUT2D eigenvalue weighted by atomic mass is 16.5. The summed E-state index contributed by atoms with van der Waals surface area (Å²) >= 11 is 0.